The summed E-state index contributed by atoms with van der Waals surface area (Å²) in [4.78, 5) is 11.7. The van der Waals surface area contributed by atoms with Crippen molar-refractivity contribution in [2.45, 2.75) is 44.4 Å². The number of ether oxygens (including phenoxy) is 2. The van der Waals surface area contributed by atoms with Crippen LogP contribution >= 0.6 is 0 Å². The number of morpholine rings is 1. The molecule has 162 valence electrons. The molecule has 1 saturated heterocycles. The van der Waals surface area contributed by atoms with Crippen molar-refractivity contribution in [3.8, 4) is 5.88 Å². The summed E-state index contributed by atoms with van der Waals surface area (Å²) in [5, 5.41) is 4.69. The summed E-state index contributed by atoms with van der Waals surface area (Å²) >= 11 is 0. The Bertz CT molecular complexity index is 983. The highest BCUT2D eigenvalue weighted by atomic mass is 16.5. The van der Waals surface area contributed by atoms with Gasteiger partial charge in [-0.3, -0.25) is 4.98 Å². The van der Waals surface area contributed by atoms with Crippen LogP contribution in [-0.2, 0) is 11.3 Å². The normalized spacial score (nSPS) is 21.9. The number of nitrogens with one attached hydrogen (secondary N) is 1. The number of fused-ring (bicyclic) bond motifs is 1. The number of hydrogen-bond acceptors (Lipinski definition) is 6. The minimum atomic E-state index is 0.200. The van der Waals surface area contributed by atoms with Gasteiger partial charge >= 0.3 is 0 Å². The summed E-state index contributed by atoms with van der Waals surface area (Å²) in [7, 11) is 0. The van der Waals surface area contributed by atoms with Crippen LogP contribution in [0.25, 0.3) is 10.9 Å². The van der Waals surface area contributed by atoms with E-state index in [1.807, 2.05) is 12.3 Å². The molecule has 2 aliphatic rings. The molecule has 2 aromatic heterocycles. The van der Waals surface area contributed by atoms with Crippen LogP contribution in [0.4, 0.5) is 5.82 Å². The van der Waals surface area contributed by atoms with Crippen molar-refractivity contribution in [2.75, 3.05) is 31.2 Å². The maximum Gasteiger partial charge on any atom is 0.225 e. The first-order chi connectivity index (χ1) is 15.3. The Kier molecular flexibility index (Phi) is 6.27. The zero-order valence-corrected chi connectivity index (χ0v) is 17.9. The molecule has 1 saturated carbocycles. The van der Waals surface area contributed by atoms with E-state index >= 15 is 0 Å². The highest BCUT2D eigenvalue weighted by Gasteiger charge is 2.24. The van der Waals surface area contributed by atoms with Crippen LogP contribution in [-0.4, -0.2) is 48.4 Å². The molecule has 3 aromatic rings. The lowest BCUT2D eigenvalue weighted by Gasteiger charge is -2.31. The van der Waals surface area contributed by atoms with Crippen LogP contribution in [0.2, 0.25) is 0 Å². The van der Waals surface area contributed by atoms with Crippen LogP contribution in [0.5, 0.6) is 5.88 Å². The summed E-state index contributed by atoms with van der Waals surface area (Å²) in [6, 6.07) is 17.2. The fourth-order valence-electron chi connectivity index (χ4n) is 4.48. The minimum absolute atomic E-state index is 0.200. The van der Waals surface area contributed by atoms with Crippen molar-refractivity contribution in [2.24, 2.45) is 0 Å². The third kappa shape index (κ3) is 4.97. The third-order valence-electron chi connectivity index (χ3n) is 6.28. The summed E-state index contributed by atoms with van der Waals surface area (Å²) in [6.45, 7) is 4.10. The number of pyridine rings is 2. The van der Waals surface area contributed by atoms with Gasteiger partial charge in [0.2, 0.25) is 5.88 Å². The van der Waals surface area contributed by atoms with Crippen LogP contribution in [0.3, 0.4) is 0 Å². The summed E-state index contributed by atoms with van der Waals surface area (Å²) in [6.07, 6.45) is 6.35. The lowest BCUT2D eigenvalue weighted by molar-refractivity contribution is 0.121. The molecule has 0 atom stereocenters. The SMILES string of the molecule is c1ccc(CNC2CCC(Oc3nc(N4CCOCC4)cc4ncccc34)CC2)cc1. The predicted octanol–water partition coefficient (Wildman–Crippen LogP) is 3.95. The molecule has 6 heteroatoms. The van der Waals surface area contributed by atoms with Gasteiger partial charge in [-0.25, -0.2) is 0 Å². The van der Waals surface area contributed by atoms with Crippen LogP contribution in [0.1, 0.15) is 31.2 Å². The van der Waals surface area contributed by atoms with Gasteiger partial charge in [-0.15, -0.1) is 0 Å². The smallest absolute Gasteiger partial charge is 0.225 e. The van der Waals surface area contributed by atoms with Gasteiger partial charge in [0.1, 0.15) is 11.9 Å². The standard InChI is InChI=1S/C25H30N4O2/c1-2-5-19(6-3-1)18-27-20-8-10-21(11-9-20)31-25-22-7-4-12-26-23(22)17-24(28-25)29-13-15-30-16-14-29/h1-7,12,17,20-21,27H,8-11,13-16,18H2. The van der Waals surface area contributed by atoms with Gasteiger partial charge in [0.25, 0.3) is 0 Å². The first kappa shape index (κ1) is 20.2. The molecule has 3 heterocycles. The molecule has 1 N–H and O–H groups in total. The van der Waals surface area contributed by atoms with Gasteiger partial charge in [-0.05, 0) is 43.4 Å². The van der Waals surface area contributed by atoms with E-state index < -0.39 is 0 Å². The molecule has 1 aromatic carbocycles. The molecule has 2 fully saturated rings. The van der Waals surface area contributed by atoms with Gasteiger partial charge in [-0.1, -0.05) is 30.3 Å². The van der Waals surface area contributed by atoms with E-state index in [-0.39, 0.29) is 6.10 Å². The third-order valence-corrected chi connectivity index (χ3v) is 6.28. The second-order valence-corrected chi connectivity index (χ2v) is 8.41. The number of anilines is 1. The average molecular weight is 419 g/mol. The Balaban J connectivity index is 1.24. The fraction of sp³-hybridized carbons (Fsp3) is 0.440. The largest absolute Gasteiger partial charge is 0.474 e. The lowest BCUT2D eigenvalue weighted by Crippen LogP contribution is -2.37. The number of aromatic nitrogens is 2. The molecule has 31 heavy (non-hydrogen) atoms. The Morgan fingerprint density at radius 3 is 2.61 bits per heavy atom. The molecule has 5 rings (SSSR count). The van der Waals surface area contributed by atoms with E-state index in [0.29, 0.717) is 11.9 Å². The number of rotatable bonds is 6. The molecular formula is C25H30N4O2. The summed E-state index contributed by atoms with van der Waals surface area (Å²) in [5.74, 6) is 1.65. The Hall–Kier alpha value is -2.70. The molecular weight excluding hydrogens is 388 g/mol. The monoisotopic (exact) mass is 418 g/mol. The molecule has 1 aliphatic heterocycles. The molecule has 1 aliphatic carbocycles. The van der Waals surface area contributed by atoms with E-state index in [0.717, 1.165) is 75.3 Å². The predicted molar refractivity (Wildman–Crippen MR) is 123 cm³/mol. The molecule has 0 amide bonds. The molecule has 6 nitrogen and oxygen atoms in total. The maximum absolute atomic E-state index is 6.47. The second-order valence-electron chi connectivity index (χ2n) is 8.41. The first-order valence-electron chi connectivity index (χ1n) is 11.4. The van der Waals surface area contributed by atoms with Crippen LogP contribution in [0, 0.1) is 0 Å². The van der Waals surface area contributed by atoms with Gasteiger partial charge in [0.15, 0.2) is 0 Å². The highest BCUT2D eigenvalue weighted by Crippen LogP contribution is 2.31. The Morgan fingerprint density at radius 2 is 1.81 bits per heavy atom. The van der Waals surface area contributed by atoms with Crippen LogP contribution < -0.4 is 15.0 Å². The molecule has 0 unspecified atom stereocenters. The molecule has 0 radical (unpaired) electrons. The van der Waals surface area contributed by atoms with E-state index in [1.54, 1.807) is 0 Å². The van der Waals surface area contributed by atoms with E-state index in [4.69, 9.17) is 14.5 Å². The van der Waals surface area contributed by atoms with Crippen LogP contribution in [0.15, 0.2) is 54.7 Å². The quantitative estimate of drug-likeness (QED) is 0.654. The number of nitrogens with zero attached hydrogens (tertiary/aromatic N) is 3. The van der Waals surface area contributed by atoms with Gasteiger partial charge in [0.05, 0.1) is 24.1 Å². The van der Waals surface area contributed by atoms with E-state index in [1.165, 1.54) is 5.56 Å². The molecule has 0 spiro atoms. The van der Waals surface area contributed by atoms with Crippen molar-refractivity contribution in [3.63, 3.8) is 0 Å². The second kappa shape index (κ2) is 9.62. The zero-order valence-electron chi connectivity index (χ0n) is 17.9. The molecule has 0 bridgehead atoms. The average Bonchev–Trinajstić information content (AvgIpc) is 2.85. The minimum Gasteiger partial charge on any atom is -0.474 e. The van der Waals surface area contributed by atoms with Gasteiger partial charge < -0.3 is 19.7 Å². The van der Waals surface area contributed by atoms with Gasteiger partial charge in [0, 0.05) is 37.9 Å². The van der Waals surface area contributed by atoms with E-state index in [2.05, 4.69) is 57.7 Å². The van der Waals surface area contributed by atoms with Crippen molar-refractivity contribution >= 4 is 16.7 Å². The van der Waals surface area contributed by atoms with E-state index in [9.17, 15) is 0 Å². The number of hydrogen-bond donors (Lipinski definition) is 1. The Morgan fingerprint density at radius 1 is 1.00 bits per heavy atom. The summed E-state index contributed by atoms with van der Waals surface area (Å²) in [5.41, 5.74) is 2.27. The van der Waals surface area contributed by atoms with Gasteiger partial charge in [-0.2, -0.15) is 4.98 Å². The topological polar surface area (TPSA) is 59.5 Å². The number of benzene rings is 1. The zero-order chi connectivity index (χ0) is 20.9. The van der Waals surface area contributed by atoms with Crippen molar-refractivity contribution in [3.05, 3.63) is 60.3 Å². The summed E-state index contributed by atoms with van der Waals surface area (Å²) < 4.78 is 12.0. The van der Waals surface area contributed by atoms with Crippen molar-refractivity contribution in [1.29, 1.82) is 0 Å². The fourth-order valence-corrected chi connectivity index (χ4v) is 4.48. The van der Waals surface area contributed by atoms with Crippen molar-refractivity contribution in [1.82, 2.24) is 15.3 Å². The Labute approximate surface area is 183 Å². The first-order valence-corrected chi connectivity index (χ1v) is 11.4. The maximum atomic E-state index is 6.47. The lowest BCUT2D eigenvalue weighted by atomic mass is 9.92. The van der Waals surface area contributed by atoms with Crippen molar-refractivity contribution < 1.29 is 9.47 Å². The highest BCUT2D eigenvalue weighted by molar-refractivity contribution is 5.85.